The first kappa shape index (κ1) is 17.1. The van der Waals surface area contributed by atoms with Crippen LogP contribution in [-0.4, -0.2) is 12.6 Å². The van der Waals surface area contributed by atoms with E-state index in [0.717, 1.165) is 11.3 Å². The van der Waals surface area contributed by atoms with Gasteiger partial charge in [0.05, 0.1) is 12.0 Å². The van der Waals surface area contributed by atoms with Gasteiger partial charge in [-0.2, -0.15) is 0 Å². The molecule has 2 aliphatic rings. The van der Waals surface area contributed by atoms with Gasteiger partial charge in [0, 0.05) is 12.6 Å². The van der Waals surface area contributed by atoms with Gasteiger partial charge >= 0.3 is 0 Å². The normalized spacial score (nSPS) is 20.2. The molecule has 3 aromatic rings. The molecule has 4 heteroatoms. The van der Waals surface area contributed by atoms with Crippen LogP contribution in [0.2, 0.25) is 0 Å². The topological polar surface area (TPSA) is 39.7 Å². The molecule has 0 bridgehead atoms. The van der Waals surface area contributed by atoms with Crippen molar-refractivity contribution in [1.29, 1.82) is 0 Å². The molecule has 0 aromatic heterocycles. The number of fused-ring (bicyclic) bond motifs is 3. The Morgan fingerprint density at radius 1 is 0.964 bits per heavy atom. The summed E-state index contributed by atoms with van der Waals surface area (Å²) in [5.41, 5.74) is 2.23. The Labute approximate surface area is 164 Å². The van der Waals surface area contributed by atoms with E-state index in [1.165, 1.54) is 16.3 Å². The summed E-state index contributed by atoms with van der Waals surface area (Å²) >= 11 is 0. The van der Waals surface area contributed by atoms with Crippen molar-refractivity contribution in [3.05, 3.63) is 90.4 Å². The van der Waals surface area contributed by atoms with Gasteiger partial charge < -0.3 is 19.5 Å². The Bertz CT molecular complexity index is 1020. The number of hydrogen-bond donors (Lipinski definition) is 1. The first-order valence-corrected chi connectivity index (χ1v) is 9.73. The van der Waals surface area contributed by atoms with E-state index < -0.39 is 5.79 Å². The Kier molecular flexibility index (Phi) is 4.21. The fourth-order valence-corrected chi connectivity index (χ4v) is 4.20. The number of benzene rings is 3. The van der Waals surface area contributed by atoms with Gasteiger partial charge in [-0.25, -0.2) is 0 Å². The summed E-state index contributed by atoms with van der Waals surface area (Å²) in [6, 6.07) is 23.1. The lowest BCUT2D eigenvalue weighted by atomic mass is 9.94. The third-order valence-electron chi connectivity index (χ3n) is 5.60. The van der Waals surface area contributed by atoms with Crippen LogP contribution in [0.3, 0.4) is 0 Å². The summed E-state index contributed by atoms with van der Waals surface area (Å²) in [6.07, 6.45) is 3.82. The van der Waals surface area contributed by atoms with Crippen molar-refractivity contribution >= 4 is 10.8 Å². The van der Waals surface area contributed by atoms with E-state index in [0.29, 0.717) is 13.0 Å². The molecule has 0 saturated heterocycles. The number of rotatable bonds is 4. The largest absolute Gasteiger partial charge is 0.488 e. The molecule has 5 rings (SSSR count). The van der Waals surface area contributed by atoms with Crippen LogP contribution in [-0.2, 0) is 15.3 Å². The van der Waals surface area contributed by atoms with Crippen molar-refractivity contribution in [3.63, 3.8) is 0 Å². The number of para-hydroxylation sites is 1. The summed E-state index contributed by atoms with van der Waals surface area (Å²) in [5.74, 6) is 0.0474. The van der Waals surface area contributed by atoms with Crippen LogP contribution in [0.1, 0.15) is 30.5 Å². The molecule has 1 spiro atoms. The zero-order chi connectivity index (χ0) is 19.0. The van der Waals surface area contributed by atoms with E-state index in [9.17, 15) is 0 Å². The predicted octanol–water partition coefficient (Wildman–Crippen LogP) is 5.01. The van der Waals surface area contributed by atoms with Crippen molar-refractivity contribution in [2.45, 2.75) is 31.3 Å². The third-order valence-corrected chi connectivity index (χ3v) is 5.60. The van der Waals surface area contributed by atoms with Gasteiger partial charge in [-0.05, 0) is 35.4 Å². The van der Waals surface area contributed by atoms with Crippen molar-refractivity contribution in [3.8, 4) is 5.75 Å². The Morgan fingerprint density at radius 3 is 2.61 bits per heavy atom. The molecule has 28 heavy (non-hydrogen) atoms. The molecule has 3 aromatic carbocycles. The maximum Gasteiger partial charge on any atom is 0.283 e. The fourth-order valence-electron chi connectivity index (χ4n) is 4.20. The Balaban J connectivity index is 1.34. The molecule has 0 aliphatic carbocycles. The zero-order valence-corrected chi connectivity index (χ0v) is 15.8. The minimum atomic E-state index is -0.774. The lowest BCUT2D eigenvalue weighted by Gasteiger charge is -2.38. The molecule has 0 unspecified atom stereocenters. The third kappa shape index (κ3) is 2.90. The van der Waals surface area contributed by atoms with E-state index in [-0.39, 0.29) is 12.1 Å². The first-order chi connectivity index (χ1) is 13.8. The molecule has 0 saturated carbocycles. The number of hydrogen-bond acceptors (Lipinski definition) is 4. The van der Waals surface area contributed by atoms with Gasteiger partial charge in [0.25, 0.3) is 5.79 Å². The lowest BCUT2D eigenvalue weighted by Crippen LogP contribution is -2.44. The minimum absolute atomic E-state index is 0.0489. The van der Waals surface area contributed by atoms with E-state index in [4.69, 9.17) is 14.2 Å². The van der Waals surface area contributed by atoms with Crippen LogP contribution in [0.15, 0.2) is 79.3 Å². The molecule has 2 atom stereocenters. The molecule has 2 heterocycles. The number of ether oxygens (including phenoxy) is 3. The average molecular weight is 373 g/mol. The van der Waals surface area contributed by atoms with Gasteiger partial charge in [-0.15, -0.1) is 0 Å². The van der Waals surface area contributed by atoms with Crippen molar-refractivity contribution in [2.24, 2.45) is 0 Å². The molecular weight excluding hydrogens is 350 g/mol. The Hall–Kier alpha value is -2.98. The molecule has 1 N–H and O–H groups in total. The molecule has 4 nitrogen and oxygen atoms in total. The van der Waals surface area contributed by atoms with Gasteiger partial charge in [0.1, 0.15) is 24.4 Å². The second-order valence-corrected chi connectivity index (χ2v) is 7.40. The smallest absolute Gasteiger partial charge is 0.283 e. The van der Waals surface area contributed by atoms with Gasteiger partial charge in [0.2, 0.25) is 0 Å². The molecule has 0 amide bonds. The molecule has 0 radical (unpaired) electrons. The van der Waals surface area contributed by atoms with Crippen molar-refractivity contribution in [1.82, 2.24) is 5.32 Å². The van der Waals surface area contributed by atoms with Crippen LogP contribution in [0, 0.1) is 0 Å². The van der Waals surface area contributed by atoms with E-state index in [2.05, 4.69) is 54.7 Å². The standard InChI is InChI=1S/C24H23NO3/c1-17(20-10-6-8-18-7-2-3-9-21(18)20)25-16-19-15-24(26-13-14-27-24)22-11-4-5-12-23(22)28-19/h2-14,17,19,25H,15-16H2,1H3/t17-,19-/m1/s1. The van der Waals surface area contributed by atoms with Crippen LogP contribution in [0.4, 0.5) is 0 Å². The van der Waals surface area contributed by atoms with E-state index >= 15 is 0 Å². The maximum absolute atomic E-state index is 6.24. The summed E-state index contributed by atoms with van der Waals surface area (Å²) < 4.78 is 18.0. The minimum Gasteiger partial charge on any atom is -0.488 e. The highest BCUT2D eigenvalue weighted by atomic mass is 16.7. The monoisotopic (exact) mass is 373 g/mol. The first-order valence-electron chi connectivity index (χ1n) is 9.73. The predicted molar refractivity (Wildman–Crippen MR) is 109 cm³/mol. The fraction of sp³-hybridized carbons (Fsp3) is 0.250. The highest BCUT2D eigenvalue weighted by Crippen LogP contribution is 2.45. The highest BCUT2D eigenvalue weighted by molar-refractivity contribution is 5.86. The van der Waals surface area contributed by atoms with Gasteiger partial charge in [0.15, 0.2) is 0 Å². The van der Waals surface area contributed by atoms with Crippen LogP contribution < -0.4 is 10.1 Å². The van der Waals surface area contributed by atoms with Gasteiger partial charge in [-0.1, -0.05) is 54.6 Å². The van der Waals surface area contributed by atoms with E-state index in [1.807, 2.05) is 24.3 Å². The summed E-state index contributed by atoms with van der Waals surface area (Å²) in [6.45, 7) is 2.89. The van der Waals surface area contributed by atoms with E-state index in [1.54, 1.807) is 12.5 Å². The molecular formula is C24H23NO3. The van der Waals surface area contributed by atoms with Gasteiger partial charge in [-0.3, -0.25) is 0 Å². The zero-order valence-electron chi connectivity index (χ0n) is 15.8. The SMILES string of the molecule is C[C@@H](NC[C@H]1CC2(OC=CO2)c2ccccc2O1)c1cccc2ccccc12. The quantitative estimate of drug-likeness (QED) is 0.698. The summed E-state index contributed by atoms with van der Waals surface area (Å²) in [4.78, 5) is 0. The second-order valence-electron chi connectivity index (χ2n) is 7.40. The molecule has 0 fully saturated rings. The van der Waals surface area contributed by atoms with Crippen LogP contribution in [0.25, 0.3) is 10.8 Å². The highest BCUT2D eigenvalue weighted by Gasteiger charge is 2.46. The maximum atomic E-state index is 6.24. The van der Waals surface area contributed by atoms with Crippen LogP contribution in [0.5, 0.6) is 5.75 Å². The number of nitrogens with one attached hydrogen (secondary N) is 1. The summed E-state index contributed by atoms with van der Waals surface area (Å²) in [7, 11) is 0. The molecule has 2 aliphatic heterocycles. The summed E-state index contributed by atoms with van der Waals surface area (Å²) in [5, 5.41) is 6.18. The molecule has 142 valence electrons. The van der Waals surface area contributed by atoms with Crippen LogP contribution >= 0.6 is 0 Å². The van der Waals surface area contributed by atoms with Crippen molar-refractivity contribution in [2.75, 3.05) is 6.54 Å². The lowest BCUT2D eigenvalue weighted by molar-refractivity contribution is -0.180. The average Bonchev–Trinajstić information content (AvgIpc) is 3.20. The van der Waals surface area contributed by atoms with Crippen molar-refractivity contribution < 1.29 is 14.2 Å². The second kappa shape index (κ2) is 6.88. The Morgan fingerprint density at radius 2 is 1.71 bits per heavy atom.